The van der Waals surface area contributed by atoms with Crippen molar-refractivity contribution in [2.24, 2.45) is 0 Å². The number of piperidine rings is 1. The third kappa shape index (κ3) is 8.02. The first-order valence-electron chi connectivity index (χ1n) is 17.7. The van der Waals surface area contributed by atoms with Crippen LogP contribution in [0.1, 0.15) is 38.5 Å². The molecular formula is C35H48ClN5O7Si. The van der Waals surface area contributed by atoms with E-state index in [1.165, 1.54) is 0 Å². The summed E-state index contributed by atoms with van der Waals surface area (Å²) in [5.74, 6) is 0. The summed E-state index contributed by atoms with van der Waals surface area (Å²) in [5, 5.41) is 13.8. The van der Waals surface area contributed by atoms with E-state index in [1.807, 2.05) is 22.8 Å². The molecule has 3 aromatic rings. The lowest BCUT2D eigenvalue weighted by atomic mass is 10.0. The number of aliphatic hydroxyl groups excluding tert-OH is 1. The first-order valence-corrected chi connectivity index (χ1v) is 21.7. The molecule has 0 bridgehead atoms. The molecule has 2 N–H and O–H groups in total. The Morgan fingerprint density at radius 2 is 1.78 bits per heavy atom. The summed E-state index contributed by atoms with van der Waals surface area (Å²) in [6.07, 6.45) is 3.87. The number of hydrogen-bond acceptors (Lipinski definition) is 10. The fraction of sp³-hybridized carbons (Fsp3) is 0.629. The van der Waals surface area contributed by atoms with Crippen molar-refractivity contribution in [2.75, 3.05) is 37.8 Å². The van der Waals surface area contributed by atoms with Gasteiger partial charge in [0.15, 0.2) is 11.8 Å². The van der Waals surface area contributed by atoms with Crippen molar-refractivity contribution in [3.05, 3.63) is 35.4 Å². The second-order valence-corrected chi connectivity index (χ2v) is 20.9. The van der Waals surface area contributed by atoms with Crippen LogP contribution in [-0.4, -0.2) is 103 Å². The van der Waals surface area contributed by atoms with Gasteiger partial charge in [-0.25, -0.2) is 9.78 Å². The van der Waals surface area contributed by atoms with E-state index in [0.717, 1.165) is 68.9 Å². The van der Waals surface area contributed by atoms with E-state index in [2.05, 4.69) is 42.0 Å². The monoisotopic (exact) mass is 713 g/mol. The van der Waals surface area contributed by atoms with Gasteiger partial charge in [0.2, 0.25) is 0 Å². The molecule has 0 radical (unpaired) electrons. The van der Waals surface area contributed by atoms with Crippen LogP contribution in [0.3, 0.4) is 0 Å². The summed E-state index contributed by atoms with van der Waals surface area (Å²) >= 11 is 6.83. The summed E-state index contributed by atoms with van der Waals surface area (Å²) in [7, 11) is -1.29. The molecule has 4 aliphatic rings. The number of ether oxygens (including phenoxy) is 5. The minimum atomic E-state index is -1.29. The fourth-order valence-corrected chi connectivity index (χ4v) is 8.11. The number of nitrogens with zero attached hydrogens (tertiary/aromatic N) is 4. The number of carbonyl (C=O) groups is 1. The van der Waals surface area contributed by atoms with Crippen LogP contribution < -0.4 is 15.0 Å². The Bertz CT molecular complexity index is 1600. The Kier molecular flexibility index (Phi) is 10.4. The molecule has 7 rings (SSSR count). The van der Waals surface area contributed by atoms with Gasteiger partial charge >= 0.3 is 12.1 Å². The van der Waals surface area contributed by atoms with E-state index in [-0.39, 0.29) is 37.7 Å². The largest absolute Gasteiger partial charge is 0.456 e. The van der Waals surface area contributed by atoms with Crippen molar-refractivity contribution < 1.29 is 33.6 Å². The van der Waals surface area contributed by atoms with E-state index in [9.17, 15) is 9.90 Å². The quantitative estimate of drug-likeness (QED) is 0.191. The number of imidazole rings is 1. The number of halogens is 1. The third-order valence-corrected chi connectivity index (χ3v) is 12.0. The fourth-order valence-electron chi connectivity index (χ4n) is 7.10. The molecule has 0 unspecified atom stereocenters. The summed E-state index contributed by atoms with van der Waals surface area (Å²) in [4.78, 5) is 24.5. The van der Waals surface area contributed by atoms with Crippen LogP contribution in [-0.2, 0) is 25.7 Å². The van der Waals surface area contributed by atoms with Crippen molar-refractivity contribution >= 4 is 42.6 Å². The second kappa shape index (κ2) is 14.7. The first kappa shape index (κ1) is 34.5. The number of aromatic nitrogens is 3. The van der Waals surface area contributed by atoms with Crippen molar-refractivity contribution in [2.45, 2.75) is 108 Å². The normalized spacial score (nSPS) is 24.9. The number of benzene rings is 1. The number of hydrogen-bond donors (Lipinski definition) is 2. The van der Waals surface area contributed by atoms with Gasteiger partial charge < -0.3 is 39.0 Å². The van der Waals surface area contributed by atoms with Gasteiger partial charge in [-0.2, -0.15) is 4.98 Å². The molecule has 3 aliphatic heterocycles. The maximum atomic E-state index is 12.4. The van der Waals surface area contributed by atoms with E-state index in [0.29, 0.717) is 41.1 Å². The second-order valence-electron chi connectivity index (χ2n) is 14.9. The first-order chi connectivity index (χ1) is 23.6. The zero-order valence-electron chi connectivity index (χ0n) is 28.6. The van der Waals surface area contributed by atoms with Gasteiger partial charge in [0.1, 0.15) is 36.7 Å². The maximum Gasteiger partial charge on any atom is 0.407 e. The molecule has 5 heterocycles. The SMILES string of the molecule is C[Si](C)(C)CCOCn1c(O[C@@H]2CO[C@H]3[C@@H]2OC[C@H]3O)nc2cc(Cl)c(-c3ccc(N4CCC(NC(=O)OC5CCCC5)CC4)cc3)nc21. The van der Waals surface area contributed by atoms with Gasteiger partial charge in [0.05, 0.1) is 23.9 Å². The van der Waals surface area contributed by atoms with Gasteiger partial charge in [-0.3, -0.25) is 4.57 Å². The Morgan fingerprint density at radius 3 is 2.51 bits per heavy atom. The molecule has 0 spiro atoms. The number of alkyl carbamates (subject to hydrolysis) is 1. The Morgan fingerprint density at radius 1 is 1.04 bits per heavy atom. The highest BCUT2D eigenvalue weighted by Gasteiger charge is 2.49. The molecule has 12 nitrogen and oxygen atoms in total. The number of pyridine rings is 1. The topological polar surface area (TPSA) is 129 Å². The van der Waals surface area contributed by atoms with E-state index in [4.69, 9.17) is 45.3 Å². The summed E-state index contributed by atoms with van der Waals surface area (Å²) in [5.41, 5.74) is 3.85. The van der Waals surface area contributed by atoms with Crippen molar-refractivity contribution in [1.82, 2.24) is 19.9 Å². The van der Waals surface area contributed by atoms with Crippen molar-refractivity contribution in [3.8, 4) is 17.3 Å². The van der Waals surface area contributed by atoms with Crippen molar-refractivity contribution in [1.29, 1.82) is 0 Å². The molecule has 49 heavy (non-hydrogen) atoms. The number of anilines is 1. The molecule has 266 valence electrons. The van der Waals surface area contributed by atoms with Crippen LogP contribution in [0.25, 0.3) is 22.4 Å². The Hall–Kier alpha value is -2.94. The number of rotatable bonds is 11. The van der Waals surface area contributed by atoms with E-state index < -0.39 is 26.4 Å². The third-order valence-electron chi connectivity index (χ3n) is 9.99. The number of nitrogens with one attached hydrogen (secondary N) is 1. The van der Waals surface area contributed by atoms with Crippen LogP contribution in [0, 0.1) is 0 Å². The molecule has 1 amide bonds. The molecule has 1 aromatic carbocycles. The minimum absolute atomic E-state index is 0.0732. The number of amides is 1. The Balaban J connectivity index is 1.05. The predicted molar refractivity (Wildman–Crippen MR) is 189 cm³/mol. The van der Waals surface area contributed by atoms with Gasteiger partial charge in [-0.1, -0.05) is 43.4 Å². The van der Waals surface area contributed by atoms with E-state index in [1.54, 1.807) is 0 Å². The zero-order chi connectivity index (χ0) is 34.1. The molecule has 1 aliphatic carbocycles. The summed E-state index contributed by atoms with van der Waals surface area (Å²) in [6.45, 7) is 10.0. The maximum absolute atomic E-state index is 12.4. The van der Waals surface area contributed by atoms with E-state index >= 15 is 0 Å². The smallest absolute Gasteiger partial charge is 0.407 e. The van der Waals surface area contributed by atoms with Crippen LogP contribution in [0.4, 0.5) is 10.5 Å². The molecule has 3 saturated heterocycles. The summed E-state index contributed by atoms with van der Waals surface area (Å²) in [6, 6.07) is 11.6. The molecular weight excluding hydrogens is 666 g/mol. The molecule has 4 fully saturated rings. The zero-order valence-corrected chi connectivity index (χ0v) is 30.4. The van der Waals surface area contributed by atoms with Crippen LogP contribution >= 0.6 is 11.6 Å². The standard InChI is InChI=1S/C35H48ClN5O7Si/c1-49(2,3)17-16-44-21-41-33-27(38-34(41)48-29-20-46-31-28(42)19-45-32(29)31)18-26(36)30(39-33)22-8-10-24(11-9-22)40-14-12-23(13-15-40)37-35(43)47-25-6-4-5-7-25/h8-11,18,23,25,28-29,31-32,42H,4-7,12-17,19-21H2,1-3H3,(H,37,43)/t28-,29-,31-,32-/m1/s1. The van der Waals surface area contributed by atoms with Gasteiger partial charge in [-0.05, 0) is 62.8 Å². The molecule has 2 aromatic heterocycles. The van der Waals surface area contributed by atoms with Gasteiger partial charge in [0.25, 0.3) is 0 Å². The lowest BCUT2D eigenvalue weighted by Crippen LogP contribution is -2.45. The average Bonchev–Trinajstić information content (AvgIpc) is 3.87. The number of carbonyl (C=O) groups excluding carboxylic acids is 1. The highest BCUT2D eigenvalue weighted by molar-refractivity contribution is 6.76. The minimum Gasteiger partial charge on any atom is -0.456 e. The van der Waals surface area contributed by atoms with Crippen LogP contribution in [0.2, 0.25) is 30.7 Å². The lowest BCUT2D eigenvalue weighted by Gasteiger charge is -2.34. The van der Waals surface area contributed by atoms with Crippen LogP contribution in [0.15, 0.2) is 30.3 Å². The molecule has 4 atom stereocenters. The highest BCUT2D eigenvalue weighted by Crippen LogP contribution is 2.35. The summed E-state index contributed by atoms with van der Waals surface area (Å²) < 4.78 is 31.5. The van der Waals surface area contributed by atoms with Crippen LogP contribution in [0.5, 0.6) is 6.01 Å². The highest BCUT2D eigenvalue weighted by atomic mass is 35.5. The van der Waals surface area contributed by atoms with Gasteiger partial charge in [0, 0.05) is 45.1 Å². The number of aliphatic hydroxyl groups is 1. The average molecular weight is 714 g/mol. The van der Waals surface area contributed by atoms with Gasteiger partial charge in [-0.15, -0.1) is 0 Å². The molecule has 1 saturated carbocycles. The predicted octanol–water partition coefficient (Wildman–Crippen LogP) is 5.61. The lowest BCUT2D eigenvalue weighted by molar-refractivity contribution is 0.00336. The Labute approximate surface area is 293 Å². The molecule has 14 heteroatoms. The number of fused-ring (bicyclic) bond motifs is 2. The van der Waals surface area contributed by atoms with Crippen molar-refractivity contribution in [3.63, 3.8) is 0 Å².